The third-order valence-electron chi connectivity index (χ3n) is 3.81. The Balaban J connectivity index is 2.33. The maximum atomic E-state index is 11.5. The van der Waals surface area contributed by atoms with Crippen molar-refractivity contribution in [3.05, 3.63) is 27.7 Å². The van der Waals surface area contributed by atoms with E-state index in [4.69, 9.17) is 4.74 Å². The molecule has 5 heteroatoms. The van der Waals surface area contributed by atoms with E-state index in [1.807, 2.05) is 0 Å². The van der Waals surface area contributed by atoms with Crippen LogP contribution in [0, 0.1) is 0 Å². The van der Waals surface area contributed by atoms with Gasteiger partial charge in [0.15, 0.2) is 0 Å². The smallest absolute Gasteiger partial charge is 0.221 e. The average Bonchev–Trinajstić information content (AvgIpc) is 2.41. The molecular weight excluding hydrogens is 344 g/mol. The van der Waals surface area contributed by atoms with E-state index < -0.39 is 0 Å². The zero-order chi connectivity index (χ0) is 16.3. The molecule has 1 aliphatic rings. The first kappa shape index (κ1) is 17.4. The molecule has 0 unspecified atom stereocenters. The second-order valence-corrected chi connectivity index (χ2v) is 7.66. The van der Waals surface area contributed by atoms with E-state index in [2.05, 4.69) is 59.1 Å². The van der Waals surface area contributed by atoms with E-state index in [9.17, 15) is 4.79 Å². The number of nitrogens with one attached hydrogen (secondary N) is 1. The van der Waals surface area contributed by atoms with Crippen molar-refractivity contribution < 1.29 is 9.53 Å². The molecule has 4 nitrogen and oxygen atoms in total. The van der Waals surface area contributed by atoms with Gasteiger partial charge in [-0.1, -0.05) is 36.7 Å². The topological polar surface area (TPSA) is 41.6 Å². The predicted molar refractivity (Wildman–Crippen MR) is 93.2 cm³/mol. The summed E-state index contributed by atoms with van der Waals surface area (Å²) in [6, 6.07) is 4.24. The molecule has 1 aliphatic heterocycles. The number of anilines is 1. The lowest BCUT2D eigenvalue weighted by molar-refractivity contribution is -0.114. The largest absolute Gasteiger partial charge is 0.379 e. The lowest BCUT2D eigenvalue weighted by Crippen LogP contribution is -2.36. The van der Waals surface area contributed by atoms with Gasteiger partial charge in [-0.15, -0.1) is 0 Å². The van der Waals surface area contributed by atoms with Crippen molar-refractivity contribution in [2.45, 2.75) is 39.7 Å². The highest BCUT2D eigenvalue weighted by atomic mass is 79.9. The molecule has 0 aliphatic carbocycles. The molecule has 22 heavy (non-hydrogen) atoms. The molecule has 1 saturated heterocycles. The predicted octanol–water partition coefficient (Wildman–Crippen LogP) is 3.54. The Morgan fingerprint density at radius 2 is 1.95 bits per heavy atom. The number of carbonyl (C=O) groups is 1. The summed E-state index contributed by atoms with van der Waals surface area (Å²) in [6.07, 6.45) is 0. The van der Waals surface area contributed by atoms with Crippen molar-refractivity contribution >= 4 is 27.5 Å². The zero-order valence-corrected chi connectivity index (χ0v) is 15.4. The van der Waals surface area contributed by atoms with E-state index in [-0.39, 0.29) is 11.3 Å². The maximum absolute atomic E-state index is 11.5. The molecule has 0 saturated carbocycles. The van der Waals surface area contributed by atoms with Crippen LogP contribution in [-0.4, -0.2) is 37.1 Å². The molecule has 0 bridgehead atoms. The van der Waals surface area contributed by atoms with E-state index in [1.54, 1.807) is 6.92 Å². The maximum Gasteiger partial charge on any atom is 0.221 e. The first-order chi connectivity index (χ1) is 10.3. The third kappa shape index (κ3) is 4.54. The summed E-state index contributed by atoms with van der Waals surface area (Å²) in [5, 5.41) is 2.99. The summed E-state index contributed by atoms with van der Waals surface area (Å²) in [7, 11) is 0. The molecule has 0 atom stereocenters. The zero-order valence-electron chi connectivity index (χ0n) is 13.8. The number of rotatable bonds is 3. The van der Waals surface area contributed by atoms with Crippen LogP contribution in [0.4, 0.5) is 5.69 Å². The average molecular weight is 369 g/mol. The van der Waals surface area contributed by atoms with Gasteiger partial charge >= 0.3 is 0 Å². The molecule has 122 valence electrons. The number of morpholine rings is 1. The summed E-state index contributed by atoms with van der Waals surface area (Å²) < 4.78 is 6.49. The number of ether oxygens (including phenoxy) is 1. The summed E-state index contributed by atoms with van der Waals surface area (Å²) in [5.74, 6) is -0.0367. The van der Waals surface area contributed by atoms with Crippen LogP contribution in [0.5, 0.6) is 0 Å². The Kier molecular flexibility index (Phi) is 5.64. The molecule has 1 aromatic rings. The molecule has 0 spiro atoms. The number of halogens is 1. The van der Waals surface area contributed by atoms with Crippen molar-refractivity contribution in [2.24, 2.45) is 0 Å². The second-order valence-electron chi connectivity index (χ2n) is 6.81. The van der Waals surface area contributed by atoms with Gasteiger partial charge in [-0.25, -0.2) is 0 Å². The SMILES string of the molecule is CC(=O)Nc1cc(C(C)(C)C)c(Br)cc1CN1CCOCC1. The highest BCUT2D eigenvalue weighted by molar-refractivity contribution is 9.10. The van der Waals surface area contributed by atoms with Crippen LogP contribution in [-0.2, 0) is 21.5 Å². The Labute approximate surface area is 141 Å². The molecule has 1 N–H and O–H groups in total. The van der Waals surface area contributed by atoms with Crippen LogP contribution in [0.25, 0.3) is 0 Å². The van der Waals surface area contributed by atoms with Crippen molar-refractivity contribution in [3.63, 3.8) is 0 Å². The monoisotopic (exact) mass is 368 g/mol. The summed E-state index contributed by atoms with van der Waals surface area (Å²) in [5.41, 5.74) is 3.26. The van der Waals surface area contributed by atoms with Crippen LogP contribution in [0.2, 0.25) is 0 Å². The van der Waals surface area contributed by atoms with Crippen LogP contribution < -0.4 is 5.32 Å². The van der Waals surface area contributed by atoms with Crippen LogP contribution in [0.3, 0.4) is 0 Å². The van der Waals surface area contributed by atoms with E-state index >= 15 is 0 Å². The van der Waals surface area contributed by atoms with Gasteiger partial charge < -0.3 is 10.1 Å². The molecule has 1 aromatic carbocycles. The molecule has 2 rings (SSSR count). The fourth-order valence-electron chi connectivity index (χ4n) is 2.63. The minimum atomic E-state index is -0.0367. The van der Waals surface area contributed by atoms with Crippen molar-refractivity contribution in [1.29, 1.82) is 0 Å². The number of nitrogens with zero attached hydrogens (tertiary/aromatic N) is 1. The Bertz CT molecular complexity index is 546. The van der Waals surface area contributed by atoms with E-state index in [0.717, 1.165) is 48.6 Å². The van der Waals surface area contributed by atoms with Crippen molar-refractivity contribution in [3.8, 4) is 0 Å². The first-order valence-electron chi connectivity index (χ1n) is 7.68. The van der Waals surface area contributed by atoms with E-state index in [1.165, 1.54) is 5.56 Å². The van der Waals surface area contributed by atoms with Crippen LogP contribution >= 0.6 is 15.9 Å². The van der Waals surface area contributed by atoms with Crippen LogP contribution in [0.15, 0.2) is 16.6 Å². The summed E-state index contributed by atoms with van der Waals surface area (Å²) in [4.78, 5) is 13.9. The fraction of sp³-hybridized carbons (Fsp3) is 0.588. The Morgan fingerprint density at radius 1 is 1.32 bits per heavy atom. The lowest BCUT2D eigenvalue weighted by atomic mass is 9.86. The summed E-state index contributed by atoms with van der Waals surface area (Å²) >= 11 is 3.69. The van der Waals surface area contributed by atoms with Crippen LogP contribution in [0.1, 0.15) is 38.8 Å². The highest BCUT2D eigenvalue weighted by Gasteiger charge is 2.21. The minimum Gasteiger partial charge on any atom is -0.379 e. The van der Waals surface area contributed by atoms with Gasteiger partial charge in [0.25, 0.3) is 0 Å². The van der Waals surface area contributed by atoms with Gasteiger partial charge in [-0.3, -0.25) is 9.69 Å². The number of benzene rings is 1. The number of carbonyl (C=O) groups excluding carboxylic acids is 1. The molecule has 0 radical (unpaired) electrons. The Morgan fingerprint density at radius 3 is 2.50 bits per heavy atom. The van der Waals surface area contributed by atoms with Gasteiger partial charge in [0, 0.05) is 36.7 Å². The quantitative estimate of drug-likeness (QED) is 0.886. The standard InChI is InChI=1S/C17H25BrN2O2/c1-12(21)19-16-10-14(17(2,3)4)15(18)9-13(16)11-20-5-7-22-8-6-20/h9-10H,5-8,11H2,1-4H3,(H,19,21). The first-order valence-corrected chi connectivity index (χ1v) is 8.47. The normalized spacial score (nSPS) is 16.6. The molecule has 1 amide bonds. The Hall–Kier alpha value is -0.910. The number of hydrogen-bond acceptors (Lipinski definition) is 3. The number of amides is 1. The molecule has 0 aromatic heterocycles. The minimum absolute atomic E-state index is 0.0174. The van der Waals surface area contributed by atoms with Gasteiger partial charge in [0.05, 0.1) is 13.2 Å². The van der Waals surface area contributed by atoms with Gasteiger partial charge in [-0.2, -0.15) is 0 Å². The molecular formula is C17H25BrN2O2. The molecule has 1 heterocycles. The summed E-state index contributed by atoms with van der Waals surface area (Å²) in [6.45, 7) is 12.3. The fourth-order valence-corrected chi connectivity index (χ4v) is 3.61. The van der Waals surface area contributed by atoms with Crippen molar-refractivity contribution in [1.82, 2.24) is 4.90 Å². The van der Waals surface area contributed by atoms with Gasteiger partial charge in [0.2, 0.25) is 5.91 Å². The second kappa shape index (κ2) is 7.11. The lowest BCUT2D eigenvalue weighted by Gasteiger charge is -2.29. The van der Waals surface area contributed by atoms with Crippen molar-refractivity contribution in [2.75, 3.05) is 31.6 Å². The number of hydrogen-bond donors (Lipinski definition) is 1. The highest BCUT2D eigenvalue weighted by Crippen LogP contribution is 2.34. The molecule has 1 fully saturated rings. The van der Waals surface area contributed by atoms with Gasteiger partial charge in [0.1, 0.15) is 0 Å². The third-order valence-corrected chi connectivity index (χ3v) is 4.47. The van der Waals surface area contributed by atoms with E-state index in [0.29, 0.717) is 0 Å². The van der Waals surface area contributed by atoms with Gasteiger partial charge in [-0.05, 0) is 28.7 Å².